The zero-order chi connectivity index (χ0) is 9.97. The molecule has 0 bridgehead atoms. The smallest absolute Gasteiger partial charge is 0.132 e. The second kappa shape index (κ2) is 3.98. The molecule has 0 aromatic carbocycles. The minimum atomic E-state index is -0.529. The van der Waals surface area contributed by atoms with Gasteiger partial charge in [-0.3, -0.25) is 0 Å². The predicted molar refractivity (Wildman–Crippen MR) is 56.4 cm³/mol. The first-order valence-corrected chi connectivity index (χ1v) is 5.39. The maximum Gasteiger partial charge on any atom is 0.132 e. The molecule has 2 heterocycles. The molecule has 0 fully saturated rings. The lowest BCUT2D eigenvalue weighted by Crippen LogP contribution is -1.98. The van der Waals surface area contributed by atoms with Crippen LogP contribution in [0.1, 0.15) is 22.3 Å². The molecule has 0 aliphatic heterocycles. The molecule has 0 aliphatic rings. The van der Waals surface area contributed by atoms with E-state index in [0.29, 0.717) is 12.2 Å². The maximum absolute atomic E-state index is 9.78. The molecule has 0 saturated heterocycles. The van der Waals surface area contributed by atoms with Crippen LogP contribution in [0.25, 0.3) is 0 Å². The van der Waals surface area contributed by atoms with Crippen molar-refractivity contribution in [3.05, 3.63) is 46.0 Å². The highest BCUT2D eigenvalue weighted by atomic mass is 32.1. The van der Waals surface area contributed by atoms with E-state index in [1.807, 2.05) is 0 Å². The highest BCUT2D eigenvalue weighted by Gasteiger charge is 2.11. The van der Waals surface area contributed by atoms with Crippen molar-refractivity contribution in [1.29, 1.82) is 0 Å². The summed E-state index contributed by atoms with van der Waals surface area (Å²) in [5.41, 5.74) is 1.16. The number of furan rings is 1. The van der Waals surface area contributed by atoms with Gasteiger partial charge in [-0.25, -0.2) is 0 Å². The first kappa shape index (κ1) is 9.49. The Morgan fingerprint density at radius 3 is 3.00 bits per heavy atom. The molecule has 0 spiro atoms. The highest BCUT2D eigenvalue weighted by molar-refractivity contribution is 7.10. The average molecular weight is 208 g/mol. The van der Waals surface area contributed by atoms with Crippen molar-refractivity contribution >= 4 is 11.3 Å². The monoisotopic (exact) mass is 208 g/mol. The Kier molecular flexibility index (Phi) is 2.70. The van der Waals surface area contributed by atoms with Crippen LogP contribution in [0.4, 0.5) is 0 Å². The molecule has 0 aliphatic carbocycles. The van der Waals surface area contributed by atoms with E-state index in [0.717, 1.165) is 5.56 Å². The van der Waals surface area contributed by atoms with Gasteiger partial charge in [0.25, 0.3) is 0 Å². The molecule has 1 atom stereocenters. The normalized spacial score (nSPS) is 13.0. The standard InChI is InChI=1S/C11H12O2S/c1-8-5-9(7-14-8)6-10(12)11-3-2-4-13-11/h2-5,7,10,12H,6H2,1H3. The van der Waals surface area contributed by atoms with Crippen LogP contribution in [0.2, 0.25) is 0 Å². The second-order valence-corrected chi connectivity index (χ2v) is 4.42. The van der Waals surface area contributed by atoms with E-state index >= 15 is 0 Å². The van der Waals surface area contributed by atoms with Crippen molar-refractivity contribution in [2.45, 2.75) is 19.4 Å². The van der Waals surface area contributed by atoms with E-state index in [4.69, 9.17) is 4.42 Å². The van der Waals surface area contributed by atoms with Crippen molar-refractivity contribution in [3.63, 3.8) is 0 Å². The van der Waals surface area contributed by atoms with Crippen molar-refractivity contribution in [2.24, 2.45) is 0 Å². The van der Waals surface area contributed by atoms with Crippen LogP contribution in [-0.4, -0.2) is 5.11 Å². The van der Waals surface area contributed by atoms with E-state index in [1.165, 1.54) is 4.88 Å². The van der Waals surface area contributed by atoms with Gasteiger partial charge in [0.2, 0.25) is 0 Å². The number of aliphatic hydroxyl groups is 1. The maximum atomic E-state index is 9.78. The van der Waals surface area contributed by atoms with Crippen LogP contribution in [0.3, 0.4) is 0 Å². The third-order valence-corrected chi connectivity index (χ3v) is 3.00. The first-order valence-electron chi connectivity index (χ1n) is 4.51. The average Bonchev–Trinajstić information content (AvgIpc) is 2.75. The molecule has 1 N–H and O–H groups in total. The second-order valence-electron chi connectivity index (χ2n) is 3.30. The van der Waals surface area contributed by atoms with Gasteiger partial charge < -0.3 is 9.52 Å². The van der Waals surface area contributed by atoms with Gasteiger partial charge in [0.15, 0.2) is 0 Å². The highest BCUT2D eigenvalue weighted by Crippen LogP contribution is 2.21. The van der Waals surface area contributed by atoms with Crippen LogP contribution < -0.4 is 0 Å². The van der Waals surface area contributed by atoms with Gasteiger partial charge in [-0.05, 0) is 36.1 Å². The lowest BCUT2D eigenvalue weighted by atomic mass is 10.1. The lowest BCUT2D eigenvalue weighted by molar-refractivity contribution is 0.150. The number of aliphatic hydroxyl groups excluding tert-OH is 1. The van der Waals surface area contributed by atoms with Gasteiger partial charge in [-0.15, -0.1) is 11.3 Å². The number of thiophene rings is 1. The number of aryl methyl sites for hydroxylation is 1. The van der Waals surface area contributed by atoms with Crippen molar-refractivity contribution < 1.29 is 9.52 Å². The third-order valence-electron chi connectivity index (χ3n) is 2.09. The van der Waals surface area contributed by atoms with E-state index < -0.39 is 6.10 Å². The van der Waals surface area contributed by atoms with Crippen LogP contribution in [0.15, 0.2) is 34.3 Å². The van der Waals surface area contributed by atoms with Crippen LogP contribution in [0.5, 0.6) is 0 Å². The molecular weight excluding hydrogens is 196 g/mol. The predicted octanol–water partition coefficient (Wildman–Crippen LogP) is 2.93. The molecule has 74 valence electrons. The van der Waals surface area contributed by atoms with Gasteiger partial charge in [0.1, 0.15) is 11.9 Å². The Morgan fingerprint density at radius 1 is 1.57 bits per heavy atom. The topological polar surface area (TPSA) is 33.4 Å². The molecule has 0 radical (unpaired) electrons. The van der Waals surface area contributed by atoms with Gasteiger partial charge in [-0.2, -0.15) is 0 Å². The van der Waals surface area contributed by atoms with E-state index in [1.54, 1.807) is 29.7 Å². The van der Waals surface area contributed by atoms with E-state index in [2.05, 4.69) is 18.4 Å². The van der Waals surface area contributed by atoms with Crippen molar-refractivity contribution in [2.75, 3.05) is 0 Å². The summed E-state index contributed by atoms with van der Waals surface area (Å²) < 4.78 is 5.13. The minimum Gasteiger partial charge on any atom is -0.467 e. The molecule has 0 saturated carbocycles. The SMILES string of the molecule is Cc1cc(CC(O)c2ccco2)cs1. The summed E-state index contributed by atoms with van der Waals surface area (Å²) in [5.74, 6) is 0.633. The molecule has 3 heteroatoms. The van der Waals surface area contributed by atoms with E-state index in [-0.39, 0.29) is 0 Å². The summed E-state index contributed by atoms with van der Waals surface area (Å²) in [7, 11) is 0. The minimum absolute atomic E-state index is 0.529. The van der Waals surface area contributed by atoms with Crippen molar-refractivity contribution in [1.82, 2.24) is 0 Å². The number of hydrogen-bond acceptors (Lipinski definition) is 3. The summed E-state index contributed by atoms with van der Waals surface area (Å²) in [6, 6.07) is 5.68. The molecular formula is C11H12O2S. The van der Waals surface area contributed by atoms with E-state index in [9.17, 15) is 5.11 Å². The fourth-order valence-electron chi connectivity index (χ4n) is 1.41. The molecule has 2 aromatic rings. The zero-order valence-electron chi connectivity index (χ0n) is 7.93. The molecule has 2 nitrogen and oxygen atoms in total. The fourth-order valence-corrected chi connectivity index (χ4v) is 2.13. The molecule has 1 unspecified atom stereocenters. The van der Waals surface area contributed by atoms with Gasteiger partial charge in [0.05, 0.1) is 6.26 Å². The Labute approximate surface area is 86.8 Å². The Morgan fingerprint density at radius 2 is 2.43 bits per heavy atom. The summed E-state index contributed by atoms with van der Waals surface area (Å²) in [4.78, 5) is 1.27. The molecule has 14 heavy (non-hydrogen) atoms. The summed E-state index contributed by atoms with van der Waals surface area (Å²) >= 11 is 1.70. The largest absolute Gasteiger partial charge is 0.467 e. The zero-order valence-corrected chi connectivity index (χ0v) is 8.75. The van der Waals surface area contributed by atoms with Crippen molar-refractivity contribution in [3.8, 4) is 0 Å². The molecule has 0 amide bonds. The quantitative estimate of drug-likeness (QED) is 0.841. The number of hydrogen-bond donors (Lipinski definition) is 1. The van der Waals surface area contributed by atoms with Gasteiger partial charge >= 0.3 is 0 Å². The van der Waals surface area contributed by atoms with Crippen LogP contribution in [-0.2, 0) is 6.42 Å². The Hall–Kier alpha value is -1.06. The Balaban J connectivity index is 2.05. The van der Waals surface area contributed by atoms with Gasteiger partial charge in [0, 0.05) is 11.3 Å². The number of rotatable bonds is 3. The first-order chi connectivity index (χ1) is 6.75. The molecule has 2 rings (SSSR count). The third kappa shape index (κ3) is 2.05. The lowest BCUT2D eigenvalue weighted by Gasteiger charge is -2.05. The summed E-state index contributed by atoms with van der Waals surface area (Å²) in [5, 5.41) is 11.9. The van der Waals surface area contributed by atoms with Gasteiger partial charge in [-0.1, -0.05) is 0 Å². The summed E-state index contributed by atoms with van der Waals surface area (Å²) in [6.07, 6.45) is 1.67. The van der Waals surface area contributed by atoms with Crippen LogP contribution in [0, 0.1) is 6.92 Å². The fraction of sp³-hybridized carbons (Fsp3) is 0.273. The Bertz CT molecular complexity index is 389. The summed E-state index contributed by atoms with van der Waals surface area (Å²) in [6.45, 7) is 2.06. The molecule has 2 aromatic heterocycles. The van der Waals surface area contributed by atoms with Crippen LogP contribution >= 0.6 is 11.3 Å².